The minimum atomic E-state index is -4.10. The van der Waals surface area contributed by atoms with Crippen molar-refractivity contribution in [2.24, 2.45) is 5.92 Å². The van der Waals surface area contributed by atoms with Gasteiger partial charge in [-0.2, -0.15) is 0 Å². The van der Waals surface area contributed by atoms with Crippen LogP contribution in [0.2, 0.25) is 0 Å². The standard InChI is InChI=1S/C17H29O8P.C2H6/c1-5-22-12-14(2)13-25-26(18,19)24-11-10-23-16-8-6-15(7-9-16)17(20-3)21-4;1-2/h6-9,14,17H,5,10-13H2,1-4H3,(H,18,19);1-2H3. The molecule has 0 aromatic heterocycles. The number of phosphoric acid groups is 1. The van der Waals surface area contributed by atoms with Crippen molar-refractivity contribution >= 4 is 7.82 Å². The number of hydrogen-bond donors (Lipinski definition) is 1. The number of ether oxygens (including phenoxy) is 4. The predicted molar refractivity (Wildman–Crippen MR) is 107 cm³/mol. The summed E-state index contributed by atoms with van der Waals surface area (Å²) in [4.78, 5) is 9.62. The largest absolute Gasteiger partial charge is 0.491 e. The molecule has 0 aliphatic heterocycles. The number of hydrogen-bond acceptors (Lipinski definition) is 7. The van der Waals surface area contributed by atoms with Crippen LogP contribution in [0, 0.1) is 5.92 Å². The fraction of sp³-hybridized carbons (Fsp3) is 0.684. The fourth-order valence-electron chi connectivity index (χ4n) is 2.03. The molecular weight excluding hydrogens is 387 g/mol. The van der Waals surface area contributed by atoms with E-state index in [1.54, 1.807) is 26.4 Å². The highest BCUT2D eigenvalue weighted by Gasteiger charge is 2.22. The van der Waals surface area contributed by atoms with Crippen LogP contribution in [0.1, 0.15) is 39.5 Å². The Morgan fingerprint density at radius 1 is 1.00 bits per heavy atom. The van der Waals surface area contributed by atoms with Gasteiger partial charge < -0.3 is 23.8 Å². The lowest BCUT2D eigenvalue weighted by molar-refractivity contribution is -0.106. The van der Waals surface area contributed by atoms with Gasteiger partial charge in [0.15, 0.2) is 6.29 Å². The minimum absolute atomic E-state index is 0.00295. The molecule has 0 radical (unpaired) electrons. The van der Waals surface area contributed by atoms with E-state index in [1.165, 1.54) is 0 Å². The molecule has 0 saturated carbocycles. The normalized spacial score (nSPS) is 14.1. The van der Waals surface area contributed by atoms with Crippen LogP contribution in [0.25, 0.3) is 0 Å². The molecule has 2 atom stereocenters. The Kier molecular flexibility index (Phi) is 15.3. The molecule has 1 rings (SSSR count). The zero-order valence-corrected chi connectivity index (χ0v) is 18.6. The Morgan fingerprint density at radius 3 is 2.14 bits per heavy atom. The van der Waals surface area contributed by atoms with E-state index in [0.717, 1.165) is 5.56 Å². The first-order chi connectivity index (χ1) is 13.4. The zero-order chi connectivity index (χ0) is 21.4. The smallest absolute Gasteiger partial charge is 0.472 e. The highest BCUT2D eigenvalue weighted by Crippen LogP contribution is 2.43. The van der Waals surface area contributed by atoms with Crippen molar-refractivity contribution in [1.82, 2.24) is 0 Å². The quantitative estimate of drug-likeness (QED) is 0.271. The summed E-state index contributed by atoms with van der Waals surface area (Å²) >= 11 is 0. The van der Waals surface area contributed by atoms with E-state index in [2.05, 4.69) is 0 Å². The van der Waals surface area contributed by atoms with Crippen LogP contribution < -0.4 is 4.74 Å². The summed E-state index contributed by atoms with van der Waals surface area (Å²) in [6, 6.07) is 7.14. The molecule has 0 aliphatic rings. The second-order valence-corrected chi connectivity index (χ2v) is 7.04. The van der Waals surface area contributed by atoms with E-state index >= 15 is 0 Å². The molecule has 0 saturated heterocycles. The summed E-state index contributed by atoms with van der Waals surface area (Å²) in [6.07, 6.45) is -0.435. The number of benzene rings is 1. The highest BCUT2D eigenvalue weighted by atomic mass is 31.2. The number of methoxy groups -OCH3 is 2. The molecule has 0 bridgehead atoms. The van der Waals surface area contributed by atoms with Crippen LogP contribution in [0.4, 0.5) is 0 Å². The minimum Gasteiger partial charge on any atom is -0.491 e. The van der Waals surface area contributed by atoms with Crippen molar-refractivity contribution in [3.8, 4) is 5.75 Å². The third-order valence-electron chi connectivity index (χ3n) is 3.32. The summed E-state index contributed by atoms with van der Waals surface area (Å²) < 4.78 is 42.6. The molecule has 0 spiro atoms. The van der Waals surface area contributed by atoms with Gasteiger partial charge in [-0.3, -0.25) is 9.05 Å². The van der Waals surface area contributed by atoms with Crippen LogP contribution in [-0.4, -0.2) is 52.1 Å². The SMILES string of the molecule is CC.CCOCC(C)COP(=O)(O)OCCOc1ccc(C(OC)OC)cc1. The molecule has 28 heavy (non-hydrogen) atoms. The lowest BCUT2D eigenvalue weighted by Gasteiger charge is -2.16. The molecule has 164 valence electrons. The van der Waals surface area contributed by atoms with Crippen molar-refractivity contribution < 1.29 is 37.5 Å². The average Bonchev–Trinajstić information content (AvgIpc) is 2.71. The van der Waals surface area contributed by atoms with Gasteiger partial charge >= 0.3 is 7.82 Å². The van der Waals surface area contributed by atoms with Gasteiger partial charge in [-0.1, -0.05) is 32.9 Å². The van der Waals surface area contributed by atoms with Crippen LogP contribution in [0.3, 0.4) is 0 Å². The molecule has 8 nitrogen and oxygen atoms in total. The Morgan fingerprint density at radius 2 is 1.61 bits per heavy atom. The van der Waals surface area contributed by atoms with E-state index in [1.807, 2.05) is 39.8 Å². The van der Waals surface area contributed by atoms with Gasteiger partial charge in [0.2, 0.25) is 0 Å². The van der Waals surface area contributed by atoms with Crippen LogP contribution >= 0.6 is 7.82 Å². The molecule has 1 aromatic rings. The van der Waals surface area contributed by atoms with Gasteiger partial charge in [0.25, 0.3) is 0 Å². The molecule has 0 heterocycles. The molecule has 0 amide bonds. The van der Waals surface area contributed by atoms with Crippen molar-refractivity contribution in [3.63, 3.8) is 0 Å². The molecule has 0 aliphatic carbocycles. The maximum absolute atomic E-state index is 11.8. The Labute approximate surface area is 168 Å². The maximum atomic E-state index is 11.8. The van der Waals surface area contributed by atoms with Gasteiger partial charge in [0.05, 0.1) is 19.8 Å². The van der Waals surface area contributed by atoms with Crippen LogP contribution in [0.5, 0.6) is 5.75 Å². The Hall–Kier alpha value is -0.990. The summed E-state index contributed by atoms with van der Waals surface area (Å²) in [5.41, 5.74) is 0.855. The van der Waals surface area contributed by atoms with Crippen LogP contribution in [0.15, 0.2) is 24.3 Å². The Bertz CT molecular complexity index is 533. The summed E-state index contributed by atoms with van der Waals surface area (Å²) in [5, 5.41) is 0. The van der Waals surface area contributed by atoms with Gasteiger partial charge in [0, 0.05) is 32.3 Å². The first-order valence-corrected chi connectivity index (χ1v) is 10.9. The van der Waals surface area contributed by atoms with Crippen molar-refractivity contribution in [2.75, 3.05) is 47.3 Å². The number of rotatable bonds is 14. The molecule has 2 unspecified atom stereocenters. The van der Waals surface area contributed by atoms with Crippen molar-refractivity contribution in [2.45, 2.75) is 34.0 Å². The second kappa shape index (κ2) is 15.9. The van der Waals surface area contributed by atoms with E-state index in [9.17, 15) is 9.46 Å². The van der Waals surface area contributed by atoms with Crippen LogP contribution in [-0.2, 0) is 27.8 Å². The fourth-order valence-corrected chi connectivity index (χ4v) is 2.85. The summed E-state index contributed by atoms with van der Waals surface area (Å²) in [6.45, 7) is 8.91. The van der Waals surface area contributed by atoms with E-state index in [-0.39, 0.29) is 25.7 Å². The first kappa shape index (κ1) is 27.0. The molecule has 1 N–H and O–H groups in total. The predicted octanol–water partition coefficient (Wildman–Crippen LogP) is 4.19. The monoisotopic (exact) mass is 422 g/mol. The van der Waals surface area contributed by atoms with E-state index in [4.69, 9.17) is 28.0 Å². The maximum Gasteiger partial charge on any atom is 0.472 e. The summed E-state index contributed by atoms with van der Waals surface area (Å²) in [5.74, 6) is 0.596. The Balaban J connectivity index is 0.00000352. The third kappa shape index (κ3) is 11.8. The second-order valence-electron chi connectivity index (χ2n) is 5.58. The first-order valence-electron chi connectivity index (χ1n) is 9.39. The van der Waals surface area contributed by atoms with Gasteiger partial charge in [-0.15, -0.1) is 0 Å². The van der Waals surface area contributed by atoms with Gasteiger partial charge in [0.1, 0.15) is 12.4 Å². The van der Waals surface area contributed by atoms with Crippen molar-refractivity contribution in [1.29, 1.82) is 0 Å². The molecule has 0 fully saturated rings. The van der Waals surface area contributed by atoms with Gasteiger partial charge in [-0.25, -0.2) is 4.57 Å². The van der Waals surface area contributed by atoms with E-state index < -0.39 is 14.1 Å². The lowest BCUT2D eigenvalue weighted by Crippen LogP contribution is -2.13. The summed E-state index contributed by atoms with van der Waals surface area (Å²) in [7, 11) is -0.981. The average molecular weight is 422 g/mol. The third-order valence-corrected chi connectivity index (χ3v) is 4.30. The van der Waals surface area contributed by atoms with E-state index in [0.29, 0.717) is 19.0 Å². The van der Waals surface area contributed by atoms with Gasteiger partial charge in [-0.05, 0) is 19.1 Å². The number of phosphoric ester groups is 1. The van der Waals surface area contributed by atoms with Crippen molar-refractivity contribution in [3.05, 3.63) is 29.8 Å². The molecule has 9 heteroatoms. The topological polar surface area (TPSA) is 92.7 Å². The zero-order valence-electron chi connectivity index (χ0n) is 17.8. The molecule has 1 aromatic carbocycles. The molecular formula is C19H35O8P. The lowest BCUT2D eigenvalue weighted by atomic mass is 10.2. The highest BCUT2D eigenvalue weighted by molar-refractivity contribution is 7.47.